The fourth-order valence-electron chi connectivity index (χ4n) is 3.69. The van der Waals surface area contributed by atoms with Gasteiger partial charge < -0.3 is 11.1 Å². The summed E-state index contributed by atoms with van der Waals surface area (Å²) >= 11 is 0. The molecule has 2 aliphatic rings. The van der Waals surface area contributed by atoms with E-state index in [-0.39, 0.29) is 18.0 Å². The van der Waals surface area contributed by atoms with E-state index in [4.69, 9.17) is 5.73 Å². The maximum absolute atomic E-state index is 11.9. The van der Waals surface area contributed by atoms with E-state index in [2.05, 4.69) is 15.1 Å². The molecule has 0 radical (unpaired) electrons. The van der Waals surface area contributed by atoms with Crippen molar-refractivity contribution in [2.45, 2.75) is 64.1 Å². The Labute approximate surface area is 129 Å². The molecule has 1 aliphatic carbocycles. The number of rotatable bonds is 6. The number of carbonyl (C=O) groups is 1. The zero-order valence-corrected chi connectivity index (χ0v) is 13.7. The van der Waals surface area contributed by atoms with Gasteiger partial charge in [0.1, 0.15) is 0 Å². The van der Waals surface area contributed by atoms with Gasteiger partial charge in [0.2, 0.25) is 5.91 Å². The monoisotopic (exact) mass is 296 g/mol. The highest BCUT2D eigenvalue weighted by atomic mass is 16.1. The average Bonchev–Trinajstić information content (AvgIpc) is 2.98. The molecule has 21 heavy (non-hydrogen) atoms. The SMILES string of the molecule is CC(C)NC(=O)CC(CN)N1CCN(C2CCCC2)CC1. The van der Waals surface area contributed by atoms with Gasteiger partial charge >= 0.3 is 0 Å². The van der Waals surface area contributed by atoms with Crippen molar-refractivity contribution in [1.29, 1.82) is 0 Å². The Bertz CT molecular complexity index is 320. The summed E-state index contributed by atoms with van der Waals surface area (Å²) < 4.78 is 0. The van der Waals surface area contributed by atoms with Gasteiger partial charge in [-0.1, -0.05) is 12.8 Å². The summed E-state index contributed by atoms with van der Waals surface area (Å²) in [5, 5.41) is 2.97. The average molecular weight is 296 g/mol. The van der Waals surface area contributed by atoms with Gasteiger partial charge in [-0.25, -0.2) is 0 Å². The van der Waals surface area contributed by atoms with Gasteiger partial charge in [0.05, 0.1) is 0 Å². The third-order valence-corrected chi connectivity index (χ3v) is 4.85. The number of hydrogen-bond acceptors (Lipinski definition) is 4. The van der Waals surface area contributed by atoms with Crippen molar-refractivity contribution in [1.82, 2.24) is 15.1 Å². The van der Waals surface area contributed by atoms with Gasteiger partial charge in [-0.2, -0.15) is 0 Å². The van der Waals surface area contributed by atoms with E-state index in [1.165, 1.54) is 25.7 Å². The first kappa shape index (κ1) is 16.7. The van der Waals surface area contributed by atoms with Crippen molar-refractivity contribution in [3.63, 3.8) is 0 Å². The molecule has 0 aromatic heterocycles. The van der Waals surface area contributed by atoms with Crippen molar-refractivity contribution in [2.75, 3.05) is 32.7 Å². The Hall–Kier alpha value is -0.650. The zero-order valence-electron chi connectivity index (χ0n) is 13.7. The second-order valence-electron chi connectivity index (χ2n) is 6.83. The molecule has 5 heteroatoms. The molecule has 0 bridgehead atoms. The maximum Gasteiger partial charge on any atom is 0.221 e. The Morgan fingerprint density at radius 1 is 1.19 bits per heavy atom. The van der Waals surface area contributed by atoms with Gasteiger partial charge in [0.25, 0.3) is 0 Å². The number of hydrogen-bond donors (Lipinski definition) is 2. The zero-order chi connectivity index (χ0) is 15.2. The topological polar surface area (TPSA) is 61.6 Å². The van der Waals surface area contributed by atoms with Crippen LogP contribution in [-0.2, 0) is 4.79 Å². The lowest BCUT2D eigenvalue weighted by Gasteiger charge is -2.41. The quantitative estimate of drug-likeness (QED) is 0.761. The van der Waals surface area contributed by atoms with Gasteiger partial charge in [0.15, 0.2) is 0 Å². The fourth-order valence-corrected chi connectivity index (χ4v) is 3.69. The van der Waals surface area contributed by atoms with Crippen LogP contribution in [0.25, 0.3) is 0 Å². The first-order valence-electron chi connectivity index (χ1n) is 8.57. The minimum atomic E-state index is 0.124. The lowest BCUT2D eigenvalue weighted by atomic mass is 10.1. The van der Waals surface area contributed by atoms with E-state index in [0.717, 1.165) is 32.2 Å². The van der Waals surface area contributed by atoms with Crippen molar-refractivity contribution in [3.8, 4) is 0 Å². The number of nitrogens with zero attached hydrogens (tertiary/aromatic N) is 2. The molecular formula is C16H32N4O. The third-order valence-electron chi connectivity index (χ3n) is 4.85. The lowest BCUT2D eigenvalue weighted by molar-refractivity contribution is -0.123. The second kappa shape index (κ2) is 8.11. The highest BCUT2D eigenvalue weighted by Gasteiger charge is 2.29. The first-order chi connectivity index (χ1) is 10.1. The number of amides is 1. The fraction of sp³-hybridized carbons (Fsp3) is 0.938. The summed E-state index contributed by atoms with van der Waals surface area (Å²) in [5.74, 6) is 0.124. The van der Waals surface area contributed by atoms with Crippen LogP contribution in [0, 0.1) is 0 Å². The number of nitrogens with one attached hydrogen (secondary N) is 1. The van der Waals surface area contributed by atoms with Gasteiger partial charge in [-0.15, -0.1) is 0 Å². The Morgan fingerprint density at radius 3 is 2.33 bits per heavy atom. The van der Waals surface area contributed by atoms with Crippen LogP contribution in [0.15, 0.2) is 0 Å². The number of piperazine rings is 1. The van der Waals surface area contributed by atoms with E-state index < -0.39 is 0 Å². The van der Waals surface area contributed by atoms with Crippen LogP contribution in [-0.4, -0.2) is 66.6 Å². The predicted octanol–water partition coefficient (Wildman–Crippen LogP) is 0.789. The van der Waals surface area contributed by atoms with Crippen molar-refractivity contribution >= 4 is 5.91 Å². The summed E-state index contributed by atoms with van der Waals surface area (Å²) in [6.45, 7) is 8.92. The molecule has 3 N–H and O–H groups in total. The van der Waals surface area contributed by atoms with Crippen LogP contribution in [0.1, 0.15) is 46.0 Å². The van der Waals surface area contributed by atoms with Gasteiger partial charge in [-0.3, -0.25) is 14.6 Å². The van der Waals surface area contributed by atoms with E-state index >= 15 is 0 Å². The smallest absolute Gasteiger partial charge is 0.221 e. The molecule has 1 aliphatic heterocycles. The van der Waals surface area contributed by atoms with E-state index in [1.54, 1.807) is 0 Å². The van der Waals surface area contributed by atoms with Crippen LogP contribution in [0.5, 0.6) is 0 Å². The van der Waals surface area contributed by atoms with E-state index in [1.807, 2.05) is 13.8 Å². The van der Waals surface area contributed by atoms with Gasteiger partial charge in [-0.05, 0) is 26.7 Å². The maximum atomic E-state index is 11.9. The summed E-state index contributed by atoms with van der Waals surface area (Å²) in [5.41, 5.74) is 5.90. The van der Waals surface area contributed by atoms with Crippen molar-refractivity contribution in [2.24, 2.45) is 5.73 Å². The third kappa shape index (κ3) is 4.94. The number of nitrogens with two attached hydrogens (primary N) is 1. The van der Waals surface area contributed by atoms with Gasteiger partial charge in [0, 0.05) is 57.3 Å². The molecule has 1 amide bonds. The van der Waals surface area contributed by atoms with Crippen molar-refractivity contribution < 1.29 is 4.79 Å². The molecular weight excluding hydrogens is 264 g/mol. The van der Waals surface area contributed by atoms with Crippen LogP contribution < -0.4 is 11.1 Å². The van der Waals surface area contributed by atoms with Crippen LogP contribution in [0.2, 0.25) is 0 Å². The molecule has 5 nitrogen and oxygen atoms in total. The molecule has 2 fully saturated rings. The first-order valence-corrected chi connectivity index (χ1v) is 8.57. The highest BCUT2D eigenvalue weighted by Crippen LogP contribution is 2.24. The standard InChI is InChI=1S/C16H32N4O/c1-13(2)18-16(21)11-15(12-17)20-9-7-19(8-10-20)14-5-3-4-6-14/h13-15H,3-12,17H2,1-2H3,(H,18,21). The molecule has 1 heterocycles. The number of carbonyl (C=O) groups excluding carboxylic acids is 1. The Kier molecular flexibility index (Phi) is 6.45. The summed E-state index contributed by atoms with van der Waals surface area (Å²) in [6.07, 6.45) is 6.06. The molecule has 0 spiro atoms. The highest BCUT2D eigenvalue weighted by molar-refractivity contribution is 5.76. The summed E-state index contributed by atoms with van der Waals surface area (Å²) in [4.78, 5) is 17.0. The predicted molar refractivity (Wildman–Crippen MR) is 86.1 cm³/mol. The van der Waals surface area contributed by atoms with Crippen LogP contribution in [0.3, 0.4) is 0 Å². The van der Waals surface area contributed by atoms with Crippen LogP contribution in [0.4, 0.5) is 0 Å². The minimum absolute atomic E-state index is 0.124. The minimum Gasteiger partial charge on any atom is -0.354 e. The molecule has 1 unspecified atom stereocenters. The molecule has 122 valence electrons. The van der Waals surface area contributed by atoms with E-state index in [9.17, 15) is 4.79 Å². The van der Waals surface area contributed by atoms with E-state index in [0.29, 0.717) is 13.0 Å². The Morgan fingerprint density at radius 2 is 1.81 bits per heavy atom. The molecule has 1 saturated carbocycles. The molecule has 2 rings (SSSR count). The molecule has 1 saturated heterocycles. The normalized spacial score (nSPS) is 23.6. The largest absolute Gasteiger partial charge is 0.354 e. The Balaban J connectivity index is 1.77. The summed E-state index contributed by atoms with van der Waals surface area (Å²) in [7, 11) is 0. The van der Waals surface area contributed by atoms with Crippen molar-refractivity contribution in [3.05, 3.63) is 0 Å². The molecule has 0 aromatic rings. The van der Waals surface area contributed by atoms with Crippen LogP contribution >= 0.6 is 0 Å². The lowest BCUT2D eigenvalue weighted by Crippen LogP contribution is -2.55. The molecule has 0 aromatic carbocycles. The summed E-state index contributed by atoms with van der Waals surface area (Å²) in [6, 6.07) is 1.21. The molecule has 1 atom stereocenters. The second-order valence-corrected chi connectivity index (χ2v) is 6.83.